The molecular weight excluding hydrogens is 247 g/mol. The van der Waals surface area contributed by atoms with Crippen molar-refractivity contribution in [2.24, 2.45) is 5.14 Å². The predicted molar refractivity (Wildman–Crippen MR) is 53.3 cm³/mol. The lowest BCUT2D eigenvalue weighted by Crippen LogP contribution is -2.16. The number of sulfonamides is 1. The lowest BCUT2D eigenvalue weighted by molar-refractivity contribution is -0.145. The van der Waals surface area contributed by atoms with Crippen LogP contribution >= 0.6 is 0 Å². The number of primary sulfonamides is 1. The van der Waals surface area contributed by atoms with Crippen molar-refractivity contribution in [2.45, 2.75) is 31.9 Å². The lowest BCUT2D eigenvalue weighted by Gasteiger charge is -2.06. The van der Waals surface area contributed by atoms with Gasteiger partial charge in [-0.05, 0) is 12.8 Å². The predicted octanol–water partition coefficient (Wildman–Crippen LogP) is 1.41. The van der Waals surface area contributed by atoms with Crippen LogP contribution in [0.3, 0.4) is 0 Å². The molecule has 0 saturated heterocycles. The Morgan fingerprint density at radius 2 is 1.69 bits per heavy atom. The molecule has 0 radical (unpaired) electrons. The van der Waals surface area contributed by atoms with Crippen molar-refractivity contribution in [3.05, 3.63) is 0 Å². The van der Waals surface area contributed by atoms with Crippen LogP contribution in [0.5, 0.6) is 0 Å². The molecular formula is C8H16F3NO3S. The van der Waals surface area contributed by atoms with Crippen LogP contribution in [0.25, 0.3) is 0 Å². The molecule has 16 heavy (non-hydrogen) atoms. The second-order valence-corrected chi connectivity index (χ2v) is 5.14. The van der Waals surface area contributed by atoms with Gasteiger partial charge in [0, 0.05) is 6.61 Å². The third kappa shape index (κ3) is 13.7. The van der Waals surface area contributed by atoms with Crippen LogP contribution in [0.2, 0.25) is 0 Å². The second kappa shape index (κ2) is 7.08. The normalized spacial score (nSPS) is 13.0. The zero-order valence-electron chi connectivity index (χ0n) is 8.79. The van der Waals surface area contributed by atoms with Crippen molar-refractivity contribution in [1.82, 2.24) is 0 Å². The van der Waals surface area contributed by atoms with Gasteiger partial charge in [-0.2, -0.15) is 13.2 Å². The van der Waals surface area contributed by atoms with Gasteiger partial charge in [0.15, 0.2) is 0 Å². The molecule has 0 amide bonds. The van der Waals surface area contributed by atoms with E-state index in [1.165, 1.54) is 0 Å². The molecule has 0 heterocycles. The fourth-order valence-electron chi connectivity index (χ4n) is 0.974. The monoisotopic (exact) mass is 263 g/mol. The topological polar surface area (TPSA) is 69.4 Å². The summed E-state index contributed by atoms with van der Waals surface area (Å²) >= 11 is 0. The largest absolute Gasteiger partial charge is 0.391 e. The van der Waals surface area contributed by atoms with Crippen molar-refractivity contribution in [1.29, 1.82) is 0 Å². The fourth-order valence-corrected chi connectivity index (χ4v) is 1.58. The van der Waals surface area contributed by atoms with Crippen LogP contribution in [-0.4, -0.2) is 33.6 Å². The number of nitrogens with two attached hydrogens (primary N) is 1. The Morgan fingerprint density at radius 1 is 1.06 bits per heavy atom. The van der Waals surface area contributed by atoms with Crippen molar-refractivity contribution in [2.75, 3.05) is 19.0 Å². The minimum atomic E-state index is -4.19. The molecule has 0 aliphatic heterocycles. The molecule has 0 aromatic carbocycles. The first-order valence-electron chi connectivity index (χ1n) is 4.86. The van der Waals surface area contributed by atoms with Gasteiger partial charge in [0.25, 0.3) is 0 Å². The van der Waals surface area contributed by atoms with Gasteiger partial charge < -0.3 is 4.74 Å². The quantitative estimate of drug-likeness (QED) is 0.673. The number of ether oxygens (including phenoxy) is 1. The first-order chi connectivity index (χ1) is 7.21. The summed E-state index contributed by atoms with van der Waals surface area (Å²) in [6.07, 6.45) is -3.63. The zero-order valence-corrected chi connectivity index (χ0v) is 9.61. The molecule has 2 N–H and O–H groups in total. The summed E-state index contributed by atoms with van der Waals surface area (Å²) in [4.78, 5) is 0. The minimum absolute atomic E-state index is 0.102. The Labute approximate surface area is 93.0 Å². The van der Waals surface area contributed by atoms with Crippen LogP contribution in [0.4, 0.5) is 13.2 Å². The van der Waals surface area contributed by atoms with Crippen LogP contribution in [-0.2, 0) is 14.8 Å². The average Bonchev–Trinajstić information content (AvgIpc) is 2.06. The molecule has 0 aromatic rings. The van der Waals surface area contributed by atoms with E-state index in [4.69, 9.17) is 9.88 Å². The molecule has 0 bridgehead atoms. The number of hydrogen-bond donors (Lipinski definition) is 1. The summed E-state index contributed by atoms with van der Waals surface area (Å²) < 4.78 is 60.7. The summed E-state index contributed by atoms with van der Waals surface area (Å²) in [6.45, 7) is -0.139. The Hall–Kier alpha value is -0.340. The van der Waals surface area contributed by atoms with Gasteiger partial charge in [0.1, 0.15) is 0 Å². The molecule has 0 atom stereocenters. The summed E-state index contributed by atoms with van der Waals surface area (Å²) in [5, 5.41) is 4.76. The van der Waals surface area contributed by atoms with Gasteiger partial charge in [-0.3, -0.25) is 0 Å². The van der Waals surface area contributed by atoms with Crippen LogP contribution in [0.1, 0.15) is 25.7 Å². The number of rotatable bonds is 8. The Balaban J connectivity index is 3.23. The molecule has 4 nitrogen and oxygen atoms in total. The smallest absolute Gasteiger partial charge is 0.381 e. The van der Waals surface area contributed by atoms with Crippen molar-refractivity contribution in [3.8, 4) is 0 Å². The highest BCUT2D eigenvalue weighted by molar-refractivity contribution is 7.89. The third-order valence-electron chi connectivity index (χ3n) is 1.75. The molecule has 0 fully saturated rings. The van der Waals surface area contributed by atoms with Gasteiger partial charge >= 0.3 is 6.18 Å². The molecule has 8 heteroatoms. The van der Waals surface area contributed by atoms with E-state index in [-0.39, 0.29) is 19.0 Å². The van der Waals surface area contributed by atoms with Crippen molar-refractivity contribution in [3.63, 3.8) is 0 Å². The SMILES string of the molecule is NS(=O)(=O)CCCCCOCCC(F)(F)F. The number of unbranched alkanes of at least 4 members (excludes halogenated alkanes) is 2. The molecule has 0 spiro atoms. The van der Waals surface area contributed by atoms with Crippen LogP contribution < -0.4 is 5.14 Å². The fraction of sp³-hybridized carbons (Fsp3) is 1.00. The first-order valence-corrected chi connectivity index (χ1v) is 6.57. The Bertz CT molecular complexity index is 277. The van der Waals surface area contributed by atoms with E-state index < -0.39 is 22.6 Å². The van der Waals surface area contributed by atoms with Crippen LogP contribution in [0.15, 0.2) is 0 Å². The number of hydrogen-bond acceptors (Lipinski definition) is 3. The van der Waals surface area contributed by atoms with Gasteiger partial charge in [0.05, 0.1) is 18.8 Å². The van der Waals surface area contributed by atoms with Gasteiger partial charge in [0.2, 0.25) is 10.0 Å². The molecule has 0 unspecified atom stereocenters. The van der Waals surface area contributed by atoms with E-state index in [9.17, 15) is 21.6 Å². The highest BCUT2D eigenvalue weighted by atomic mass is 32.2. The maximum Gasteiger partial charge on any atom is 0.391 e. The summed E-state index contributed by atoms with van der Waals surface area (Å²) in [5.41, 5.74) is 0. The maximum absolute atomic E-state index is 11.7. The van der Waals surface area contributed by atoms with E-state index in [2.05, 4.69) is 0 Å². The Morgan fingerprint density at radius 3 is 2.19 bits per heavy atom. The third-order valence-corrected chi connectivity index (χ3v) is 2.61. The summed E-state index contributed by atoms with van der Waals surface area (Å²) in [5.74, 6) is -0.102. The summed E-state index contributed by atoms with van der Waals surface area (Å²) in [6, 6.07) is 0. The van der Waals surface area contributed by atoms with E-state index >= 15 is 0 Å². The van der Waals surface area contributed by atoms with Gasteiger partial charge in [-0.15, -0.1) is 0 Å². The second-order valence-electron chi connectivity index (χ2n) is 3.41. The van der Waals surface area contributed by atoms with E-state index in [0.717, 1.165) is 0 Å². The number of alkyl halides is 3. The van der Waals surface area contributed by atoms with E-state index in [0.29, 0.717) is 19.3 Å². The minimum Gasteiger partial charge on any atom is -0.381 e. The molecule has 0 aliphatic rings. The molecule has 0 rings (SSSR count). The van der Waals surface area contributed by atoms with Crippen molar-refractivity contribution < 1.29 is 26.3 Å². The highest BCUT2D eigenvalue weighted by Crippen LogP contribution is 2.18. The molecule has 98 valence electrons. The van der Waals surface area contributed by atoms with Gasteiger partial charge in [-0.1, -0.05) is 6.42 Å². The first kappa shape index (κ1) is 15.7. The Kier molecular flexibility index (Phi) is 6.93. The van der Waals surface area contributed by atoms with Crippen molar-refractivity contribution >= 4 is 10.0 Å². The zero-order chi connectivity index (χ0) is 12.7. The molecule has 0 aliphatic carbocycles. The highest BCUT2D eigenvalue weighted by Gasteiger charge is 2.26. The lowest BCUT2D eigenvalue weighted by atomic mass is 10.3. The van der Waals surface area contributed by atoms with Gasteiger partial charge in [-0.25, -0.2) is 13.6 Å². The number of halogens is 3. The summed E-state index contributed by atoms with van der Waals surface area (Å²) in [7, 11) is -3.43. The molecule has 0 saturated carbocycles. The maximum atomic E-state index is 11.7. The van der Waals surface area contributed by atoms with E-state index in [1.54, 1.807) is 0 Å². The molecule has 0 aromatic heterocycles. The average molecular weight is 263 g/mol. The van der Waals surface area contributed by atoms with Crippen LogP contribution in [0, 0.1) is 0 Å². The standard InChI is InChI=1S/C8H16F3NO3S/c9-8(10,11)4-6-15-5-2-1-3-7-16(12,13)14/h1-7H2,(H2,12,13,14). The van der Waals surface area contributed by atoms with E-state index in [1.807, 2.05) is 0 Å².